The number of fused-ring (bicyclic) bond motifs is 1. The van der Waals surface area contributed by atoms with Crippen molar-refractivity contribution in [2.24, 2.45) is 0 Å². The third-order valence-corrected chi connectivity index (χ3v) is 5.97. The fourth-order valence-electron chi connectivity index (χ4n) is 3.37. The number of nitrogens with one attached hydrogen (secondary N) is 1. The summed E-state index contributed by atoms with van der Waals surface area (Å²) < 4.78 is 15.5. The van der Waals surface area contributed by atoms with Gasteiger partial charge in [0.1, 0.15) is 5.76 Å². The molecule has 3 aromatic rings. The van der Waals surface area contributed by atoms with E-state index in [9.17, 15) is 9.59 Å². The first-order valence-corrected chi connectivity index (χ1v) is 10.5. The Bertz CT molecular complexity index is 1120. The lowest BCUT2D eigenvalue weighted by Gasteiger charge is -2.26. The van der Waals surface area contributed by atoms with Gasteiger partial charge >= 0.3 is 0 Å². The average Bonchev–Trinajstić information content (AvgIpc) is 3.38. The number of carbonyl (C=O) groups excluding carboxylic acids is 2. The summed E-state index contributed by atoms with van der Waals surface area (Å²) in [4.78, 5) is 32.4. The molecule has 3 heterocycles. The molecule has 2 aromatic heterocycles. The zero-order chi connectivity index (χ0) is 22.0. The van der Waals surface area contributed by atoms with Gasteiger partial charge in [-0.25, -0.2) is 4.98 Å². The molecule has 1 aromatic carbocycles. The number of anilines is 1. The molecular weight excluding hydrogens is 420 g/mol. The van der Waals surface area contributed by atoms with Gasteiger partial charge in [-0.2, -0.15) is 0 Å². The summed E-state index contributed by atoms with van der Waals surface area (Å²) in [6.07, 6.45) is 0.909. The van der Waals surface area contributed by atoms with Crippen molar-refractivity contribution in [3.05, 3.63) is 51.9 Å². The van der Waals surface area contributed by atoms with Gasteiger partial charge in [0.15, 0.2) is 22.3 Å². The monoisotopic (exact) mass is 442 g/mol. The molecule has 10 heteroatoms. The summed E-state index contributed by atoms with van der Waals surface area (Å²) in [5.74, 6) is 1.44. The molecule has 1 N–H and O–H groups in total. The quantitative estimate of drug-likeness (QED) is 0.625. The van der Waals surface area contributed by atoms with Crippen molar-refractivity contribution in [1.29, 1.82) is 0 Å². The van der Waals surface area contributed by atoms with E-state index in [2.05, 4.69) is 15.5 Å². The minimum atomic E-state index is -0.371. The number of ether oxygens (including phenoxy) is 2. The first-order valence-electron chi connectivity index (χ1n) is 9.68. The third kappa shape index (κ3) is 4.53. The van der Waals surface area contributed by atoms with Crippen LogP contribution in [0, 0.1) is 6.92 Å². The lowest BCUT2D eigenvalue weighted by Crippen LogP contribution is -2.36. The van der Waals surface area contributed by atoms with Gasteiger partial charge in [-0.1, -0.05) is 22.6 Å². The van der Waals surface area contributed by atoms with Crippen LogP contribution >= 0.6 is 11.3 Å². The van der Waals surface area contributed by atoms with Crippen molar-refractivity contribution < 1.29 is 23.6 Å². The zero-order valence-corrected chi connectivity index (χ0v) is 18.2. The Labute approximate surface area is 183 Å². The minimum absolute atomic E-state index is 0.0231. The van der Waals surface area contributed by atoms with Gasteiger partial charge in [0.25, 0.3) is 5.91 Å². The van der Waals surface area contributed by atoms with Gasteiger partial charge < -0.3 is 18.9 Å². The van der Waals surface area contributed by atoms with Crippen molar-refractivity contribution in [1.82, 2.24) is 15.0 Å². The van der Waals surface area contributed by atoms with E-state index in [0.29, 0.717) is 41.9 Å². The molecule has 2 amide bonds. The molecule has 0 fully saturated rings. The number of aryl methyl sites for hydroxylation is 1. The number of hydrogen-bond donors (Lipinski definition) is 1. The van der Waals surface area contributed by atoms with Gasteiger partial charge in [-0.15, -0.1) is 0 Å². The fraction of sp³-hybridized carbons (Fsp3) is 0.333. The van der Waals surface area contributed by atoms with E-state index in [4.69, 9.17) is 14.0 Å². The van der Waals surface area contributed by atoms with E-state index in [1.54, 1.807) is 33.3 Å². The Hall–Kier alpha value is -3.40. The average molecular weight is 442 g/mol. The second-order valence-corrected chi connectivity index (χ2v) is 8.18. The van der Waals surface area contributed by atoms with Crippen molar-refractivity contribution in [3.63, 3.8) is 0 Å². The van der Waals surface area contributed by atoms with Crippen LogP contribution in [0.3, 0.4) is 0 Å². The highest BCUT2D eigenvalue weighted by Gasteiger charge is 2.25. The Morgan fingerprint density at radius 3 is 2.74 bits per heavy atom. The SMILES string of the molecule is COc1ccc(CC(=O)N2CCc3nc(NC(=O)c4cc(C)on4)sc3C2)cc1OC. The van der Waals surface area contributed by atoms with Crippen LogP contribution in [0.5, 0.6) is 11.5 Å². The van der Waals surface area contributed by atoms with E-state index in [1.165, 1.54) is 11.3 Å². The maximum Gasteiger partial charge on any atom is 0.279 e. The van der Waals surface area contributed by atoms with Crippen LogP contribution in [0.1, 0.15) is 32.4 Å². The summed E-state index contributed by atoms with van der Waals surface area (Å²) in [6.45, 7) is 2.77. The molecule has 0 spiro atoms. The van der Waals surface area contributed by atoms with E-state index >= 15 is 0 Å². The summed E-state index contributed by atoms with van der Waals surface area (Å²) >= 11 is 1.37. The predicted octanol–water partition coefficient (Wildman–Crippen LogP) is 2.84. The molecule has 1 aliphatic heterocycles. The Kier molecular flexibility index (Phi) is 5.90. The molecule has 4 rings (SSSR count). The topological polar surface area (TPSA) is 107 Å². The number of hydrogen-bond acceptors (Lipinski definition) is 8. The van der Waals surface area contributed by atoms with Crippen LogP contribution in [-0.2, 0) is 24.2 Å². The second kappa shape index (κ2) is 8.76. The summed E-state index contributed by atoms with van der Waals surface area (Å²) in [5, 5.41) is 6.96. The highest BCUT2D eigenvalue weighted by atomic mass is 32.1. The van der Waals surface area contributed by atoms with Crippen molar-refractivity contribution in [3.8, 4) is 11.5 Å². The highest BCUT2D eigenvalue weighted by molar-refractivity contribution is 7.15. The van der Waals surface area contributed by atoms with Gasteiger partial charge in [-0.05, 0) is 24.6 Å². The molecule has 0 bridgehead atoms. The maximum absolute atomic E-state index is 12.9. The zero-order valence-electron chi connectivity index (χ0n) is 17.4. The fourth-order valence-corrected chi connectivity index (χ4v) is 4.39. The van der Waals surface area contributed by atoms with Crippen LogP contribution < -0.4 is 14.8 Å². The normalized spacial score (nSPS) is 12.9. The van der Waals surface area contributed by atoms with Crippen LogP contribution in [0.25, 0.3) is 0 Å². The number of carbonyl (C=O) groups is 2. The summed E-state index contributed by atoms with van der Waals surface area (Å²) in [6, 6.07) is 7.04. The number of benzene rings is 1. The first kappa shape index (κ1) is 20.9. The lowest BCUT2D eigenvalue weighted by molar-refractivity contribution is -0.131. The maximum atomic E-state index is 12.9. The lowest BCUT2D eigenvalue weighted by atomic mass is 10.1. The smallest absolute Gasteiger partial charge is 0.279 e. The number of thiazole rings is 1. The van der Waals surface area contributed by atoms with E-state index in [-0.39, 0.29) is 23.9 Å². The van der Waals surface area contributed by atoms with Gasteiger partial charge in [0.05, 0.1) is 32.9 Å². The van der Waals surface area contributed by atoms with Crippen LogP contribution in [-0.4, -0.2) is 47.6 Å². The van der Waals surface area contributed by atoms with Gasteiger partial charge in [-0.3, -0.25) is 14.9 Å². The Morgan fingerprint density at radius 1 is 1.23 bits per heavy atom. The first-order chi connectivity index (χ1) is 15.0. The number of aromatic nitrogens is 2. The Morgan fingerprint density at radius 2 is 2.03 bits per heavy atom. The molecule has 0 saturated carbocycles. The van der Waals surface area contributed by atoms with Gasteiger partial charge in [0.2, 0.25) is 5.91 Å². The van der Waals surface area contributed by atoms with Crippen molar-refractivity contribution in [2.45, 2.75) is 26.3 Å². The highest BCUT2D eigenvalue weighted by Crippen LogP contribution is 2.30. The van der Waals surface area contributed by atoms with Crippen LogP contribution in [0.15, 0.2) is 28.8 Å². The summed E-state index contributed by atoms with van der Waals surface area (Å²) in [5.41, 5.74) is 1.97. The standard InChI is InChI=1S/C21H22N4O5S/c1-12-8-15(24-30-12)20(27)23-21-22-14-6-7-25(11-18(14)31-21)19(26)10-13-4-5-16(28-2)17(9-13)29-3/h4-5,8-9H,6-7,10-11H2,1-3H3,(H,22,23,27). The van der Waals surface area contributed by atoms with E-state index in [1.807, 2.05) is 17.0 Å². The number of methoxy groups -OCH3 is 2. The summed E-state index contributed by atoms with van der Waals surface area (Å²) in [7, 11) is 3.14. The third-order valence-electron chi connectivity index (χ3n) is 4.97. The molecular formula is C21H22N4O5S. The van der Waals surface area contributed by atoms with Gasteiger partial charge in [0, 0.05) is 23.9 Å². The number of nitrogens with zero attached hydrogens (tertiary/aromatic N) is 3. The predicted molar refractivity (Wildman–Crippen MR) is 114 cm³/mol. The second-order valence-electron chi connectivity index (χ2n) is 7.10. The number of rotatable bonds is 6. The number of amides is 2. The molecule has 1 aliphatic rings. The van der Waals surface area contributed by atoms with E-state index < -0.39 is 0 Å². The Balaban J connectivity index is 1.40. The molecule has 9 nitrogen and oxygen atoms in total. The molecule has 162 valence electrons. The van der Waals surface area contributed by atoms with Crippen molar-refractivity contribution >= 4 is 28.3 Å². The van der Waals surface area contributed by atoms with Crippen LogP contribution in [0.4, 0.5) is 5.13 Å². The molecule has 0 radical (unpaired) electrons. The molecule has 0 atom stereocenters. The van der Waals surface area contributed by atoms with Crippen LogP contribution in [0.2, 0.25) is 0 Å². The van der Waals surface area contributed by atoms with E-state index in [0.717, 1.165) is 16.1 Å². The molecule has 0 aliphatic carbocycles. The molecule has 0 saturated heterocycles. The molecule has 31 heavy (non-hydrogen) atoms. The molecule has 0 unspecified atom stereocenters. The van der Waals surface area contributed by atoms with Crippen molar-refractivity contribution in [2.75, 3.05) is 26.1 Å². The largest absolute Gasteiger partial charge is 0.493 e. The minimum Gasteiger partial charge on any atom is -0.493 e.